The van der Waals surface area contributed by atoms with Gasteiger partial charge in [0, 0.05) is 11.6 Å². The van der Waals surface area contributed by atoms with E-state index in [1.54, 1.807) is 0 Å². The van der Waals surface area contributed by atoms with E-state index in [-0.39, 0.29) is 28.4 Å². The topological polar surface area (TPSA) is 317 Å². The van der Waals surface area contributed by atoms with Gasteiger partial charge in [0.1, 0.15) is 77.8 Å². The lowest BCUT2D eigenvalue weighted by atomic mass is 9.98. The molecule has 11 N–H and O–H groups in total. The summed E-state index contributed by atoms with van der Waals surface area (Å²) in [6.45, 7) is 2.21. The Balaban J connectivity index is 1.36. The minimum atomic E-state index is -2.01. The van der Waals surface area contributed by atoms with Crippen molar-refractivity contribution in [1.82, 2.24) is 0 Å². The number of phenolic OH excluding ortho intramolecular Hbond substituents is 2. The van der Waals surface area contributed by atoms with Crippen LogP contribution in [0.1, 0.15) is 13.8 Å². The Morgan fingerprint density at radius 2 is 1.19 bits per heavy atom. The number of fused-ring (bicyclic) bond motifs is 1. The molecule has 3 aromatic rings. The Bertz CT molecular complexity index is 1830. The SMILES string of the molecule is COc1c(OC2OC(C)C(O)C(O)C2O)cc2oc(-c3ccc(O)cc3)c(OC3OC(COC4OC(C)C(O)C(O)C4O)C(O)C(O)C3O)c(=O)c2c1O. The van der Waals surface area contributed by atoms with Crippen molar-refractivity contribution in [3.8, 4) is 40.1 Å². The molecule has 2 aromatic carbocycles. The van der Waals surface area contributed by atoms with Gasteiger partial charge >= 0.3 is 0 Å². The summed E-state index contributed by atoms with van der Waals surface area (Å²) in [6, 6.07) is 6.29. The van der Waals surface area contributed by atoms with Gasteiger partial charge in [-0.3, -0.25) is 4.79 Å². The summed E-state index contributed by atoms with van der Waals surface area (Å²) in [6.07, 6.45) is -23.9. The van der Waals surface area contributed by atoms with Gasteiger partial charge in [-0.25, -0.2) is 0 Å². The van der Waals surface area contributed by atoms with Crippen molar-refractivity contribution in [2.24, 2.45) is 0 Å². The predicted octanol–water partition coefficient (Wildman–Crippen LogP) is -2.88. The van der Waals surface area contributed by atoms with E-state index in [1.165, 1.54) is 38.1 Å². The number of hydrogen-bond acceptors (Lipinski definition) is 20. The van der Waals surface area contributed by atoms with E-state index in [9.17, 15) is 61.0 Å². The number of aromatic hydroxyl groups is 2. The second-order valence-electron chi connectivity index (χ2n) is 13.2. The van der Waals surface area contributed by atoms with E-state index in [2.05, 4.69) is 0 Å². The van der Waals surface area contributed by atoms with Crippen LogP contribution in [-0.4, -0.2) is 162 Å². The van der Waals surface area contributed by atoms with Crippen molar-refractivity contribution >= 4 is 11.0 Å². The molecule has 0 amide bonds. The first kappa shape index (κ1) is 39.8. The standard InChI is InChI=1S/C34H42O20/c1-10-18(36)23(41)26(44)32(49-10)48-9-16-20(38)25(43)28(46)34(53-16)54-31-22(40)17-14(51-29(31)12-4-6-13(35)7-5-12)8-15(30(47-3)21(17)39)52-33-27(45)24(42)19(37)11(2)50-33/h4-8,10-11,16,18-20,23-28,32-39,41-46H,9H2,1-3H3. The lowest BCUT2D eigenvalue weighted by Gasteiger charge is -2.42. The molecule has 3 fully saturated rings. The van der Waals surface area contributed by atoms with Crippen molar-refractivity contribution in [3.05, 3.63) is 40.6 Å². The predicted molar refractivity (Wildman–Crippen MR) is 176 cm³/mol. The molecule has 20 nitrogen and oxygen atoms in total. The minimum absolute atomic E-state index is 0.112. The van der Waals surface area contributed by atoms with E-state index in [0.29, 0.717) is 0 Å². The summed E-state index contributed by atoms with van der Waals surface area (Å²) >= 11 is 0. The first-order valence-electron chi connectivity index (χ1n) is 16.8. The van der Waals surface area contributed by atoms with E-state index in [4.69, 9.17) is 37.6 Å². The largest absolute Gasteiger partial charge is 0.508 e. The molecule has 4 heterocycles. The highest BCUT2D eigenvalue weighted by atomic mass is 16.7. The van der Waals surface area contributed by atoms with Crippen LogP contribution in [0.25, 0.3) is 22.3 Å². The van der Waals surface area contributed by atoms with Gasteiger partial charge in [-0.05, 0) is 38.1 Å². The molecule has 15 unspecified atom stereocenters. The molecule has 6 rings (SSSR count). The summed E-state index contributed by atoms with van der Waals surface area (Å²) in [7, 11) is 1.12. The van der Waals surface area contributed by atoms with Crippen LogP contribution in [0.3, 0.4) is 0 Å². The van der Waals surface area contributed by atoms with Gasteiger partial charge < -0.3 is 93.7 Å². The maximum absolute atomic E-state index is 14.2. The van der Waals surface area contributed by atoms with Gasteiger partial charge in [-0.15, -0.1) is 0 Å². The van der Waals surface area contributed by atoms with Crippen LogP contribution < -0.4 is 19.6 Å². The number of methoxy groups -OCH3 is 1. The summed E-state index contributed by atoms with van der Waals surface area (Å²) in [5.41, 5.74) is -1.31. The number of phenols is 2. The third-order valence-corrected chi connectivity index (χ3v) is 9.56. The van der Waals surface area contributed by atoms with Crippen molar-refractivity contribution in [3.63, 3.8) is 0 Å². The molecule has 3 aliphatic rings. The maximum Gasteiger partial charge on any atom is 0.239 e. The van der Waals surface area contributed by atoms with E-state index in [1.807, 2.05) is 0 Å². The third kappa shape index (κ3) is 7.29. The van der Waals surface area contributed by atoms with Crippen LogP contribution in [0, 0.1) is 0 Å². The quantitative estimate of drug-likeness (QED) is 0.104. The van der Waals surface area contributed by atoms with E-state index < -0.39 is 127 Å². The molecule has 3 saturated heterocycles. The number of aliphatic hydroxyl groups is 9. The van der Waals surface area contributed by atoms with Crippen LogP contribution in [0.4, 0.5) is 0 Å². The molecule has 0 radical (unpaired) electrons. The average molecular weight is 771 g/mol. The Morgan fingerprint density at radius 3 is 1.78 bits per heavy atom. The van der Waals surface area contributed by atoms with Gasteiger partial charge in [0.25, 0.3) is 0 Å². The molecule has 0 spiro atoms. The highest BCUT2D eigenvalue weighted by Gasteiger charge is 2.48. The second kappa shape index (κ2) is 15.7. The Hall–Kier alpha value is -3.87. The fourth-order valence-electron chi connectivity index (χ4n) is 6.32. The van der Waals surface area contributed by atoms with Crippen LogP contribution in [0.2, 0.25) is 0 Å². The zero-order valence-corrected chi connectivity index (χ0v) is 28.8. The van der Waals surface area contributed by atoms with Crippen LogP contribution in [0.5, 0.6) is 28.7 Å². The lowest BCUT2D eigenvalue weighted by Crippen LogP contribution is -2.61. The van der Waals surface area contributed by atoms with Crippen molar-refractivity contribution in [2.75, 3.05) is 13.7 Å². The molecule has 3 aliphatic heterocycles. The van der Waals surface area contributed by atoms with E-state index in [0.717, 1.165) is 13.2 Å². The molecule has 0 bridgehead atoms. The van der Waals surface area contributed by atoms with Gasteiger partial charge in [0.15, 0.2) is 23.5 Å². The molecule has 54 heavy (non-hydrogen) atoms. The number of ether oxygens (including phenoxy) is 7. The first-order valence-corrected chi connectivity index (χ1v) is 16.8. The van der Waals surface area contributed by atoms with Crippen molar-refractivity contribution in [2.45, 2.75) is 106 Å². The zero-order chi connectivity index (χ0) is 39.3. The highest BCUT2D eigenvalue weighted by molar-refractivity contribution is 5.91. The molecule has 0 saturated carbocycles. The summed E-state index contributed by atoms with van der Waals surface area (Å²) in [5.74, 6) is -2.84. The van der Waals surface area contributed by atoms with Gasteiger partial charge in [-0.1, -0.05) is 0 Å². The Morgan fingerprint density at radius 1 is 0.648 bits per heavy atom. The molecule has 20 heteroatoms. The monoisotopic (exact) mass is 770 g/mol. The number of hydrogen-bond donors (Lipinski definition) is 11. The molecule has 1 aromatic heterocycles. The summed E-state index contributed by atoms with van der Waals surface area (Å²) in [5, 5.41) is 114. The fraction of sp³-hybridized carbons (Fsp3) is 0.559. The summed E-state index contributed by atoms with van der Waals surface area (Å²) in [4.78, 5) is 14.2. The molecule has 298 valence electrons. The first-order chi connectivity index (χ1) is 25.5. The van der Waals surface area contributed by atoms with Crippen LogP contribution in [-0.2, 0) is 18.9 Å². The molecular weight excluding hydrogens is 728 g/mol. The lowest BCUT2D eigenvalue weighted by molar-refractivity contribution is -0.318. The van der Waals surface area contributed by atoms with Crippen molar-refractivity contribution < 1.29 is 93.7 Å². The molecule has 15 atom stereocenters. The zero-order valence-electron chi connectivity index (χ0n) is 28.8. The van der Waals surface area contributed by atoms with Gasteiger partial charge in [-0.2, -0.15) is 0 Å². The van der Waals surface area contributed by atoms with Crippen molar-refractivity contribution in [1.29, 1.82) is 0 Å². The van der Waals surface area contributed by atoms with Gasteiger partial charge in [0.05, 0.1) is 25.9 Å². The highest BCUT2D eigenvalue weighted by Crippen LogP contribution is 2.45. The number of aliphatic hydroxyl groups excluding tert-OH is 9. The van der Waals surface area contributed by atoms with Crippen LogP contribution >= 0.6 is 0 Å². The van der Waals surface area contributed by atoms with Gasteiger partial charge in [0.2, 0.25) is 29.5 Å². The normalized spacial score (nSPS) is 37.2. The maximum atomic E-state index is 14.2. The second-order valence-corrected chi connectivity index (χ2v) is 13.2. The molecular formula is C34H42O20. The Labute approximate surface area is 305 Å². The average Bonchev–Trinajstić information content (AvgIpc) is 3.14. The van der Waals surface area contributed by atoms with Crippen LogP contribution in [0.15, 0.2) is 39.5 Å². The van der Waals surface area contributed by atoms with E-state index >= 15 is 0 Å². The fourth-order valence-corrected chi connectivity index (χ4v) is 6.32. The third-order valence-electron chi connectivity index (χ3n) is 9.56. The number of rotatable bonds is 9. The minimum Gasteiger partial charge on any atom is -0.508 e. The summed E-state index contributed by atoms with van der Waals surface area (Å²) < 4.78 is 45.0. The number of benzene rings is 2. The smallest absolute Gasteiger partial charge is 0.239 e. The Kier molecular flexibility index (Phi) is 11.6. The molecule has 0 aliphatic carbocycles.